The normalized spacial score (nSPS) is 7.73. The van der Waals surface area contributed by atoms with E-state index in [1.54, 1.807) is 0 Å². The maximum atomic E-state index is 10.6. The van der Waals surface area contributed by atoms with E-state index >= 15 is 0 Å². The fraction of sp³-hybridized carbons (Fsp3) is 0.333. The van der Waals surface area contributed by atoms with Gasteiger partial charge in [0.05, 0.1) is 0 Å². The molecule has 5 heteroatoms. The van der Waals surface area contributed by atoms with Gasteiger partial charge in [-0.05, 0) is 4.83 Å². The summed E-state index contributed by atoms with van der Waals surface area (Å²) < 4.78 is 0. The smallest absolute Gasteiger partial charge is 0.296 e. The van der Waals surface area contributed by atoms with E-state index in [4.69, 9.17) is 5.73 Å². The molecular formula is C6H7BrN2O2. The fourth-order valence-electron chi connectivity index (χ4n) is 0.386. The lowest BCUT2D eigenvalue weighted by Crippen LogP contribution is -2.26. The predicted molar refractivity (Wildman–Crippen MR) is 43.5 cm³/mol. The number of primary amides is 1. The van der Waals surface area contributed by atoms with Crippen molar-refractivity contribution < 1.29 is 9.59 Å². The first kappa shape index (κ1) is 9.98. The average molecular weight is 219 g/mol. The van der Waals surface area contributed by atoms with Crippen LogP contribution in [0.5, 0.6) is 0 Å². The maximum Gasteiger partial charge on any atom is 0.296 e. The number of nitrogens with one attached hydrogen (secondary N) is 1. The molecule has 0 aliphatic carbocycles. The molecule has 3 N–H and O–H groups in total. The van der Waals surface area contributed by atoms with Gasteiger partial charge in [0.1, 0.15) is 0 Å². The highest BCUT2D eigenvalue weighted by Crippen LogP contribution is 1.74. The first-order chi connectivity index (χ1) is 5.16. The summed E-state index contributed by atoms with van der Waals surface area (Å²) in [6.45, 7) is 0.232. The highest BCUT2D eigenvalue weighted by molar-refractivity contribution is 9.12. The van der Waals surface area contributed by atoms with Gasteiger partial charge in [-0.25, -0.2) is 0 Å². The quantitative estimate of drug-likeness (QED) is 0.618. The van der Waals surface area contributed by atoms with E-state index in [-0.39, 0.29) is 13.0 Å². The van der Waals surface area contributed by atoms with E-state index in [9.17, 15) is 9.59 Å². The molecule has 0 aromatic heterocycles. The summed E-state index contributed by atoms with van der Waals surface area (Å²) in [5, 5.41) is 2.37. The van der Waals surface area contributed by atoms with Gasteiger partial charge in [0.15, 0.2) is 0 Å². The summed E-state index contributed by atoms with van der Waals surface area (Å²) >= 11 is 2.76. The van der Waals surface area contributed by atoms with Crippen LogP contribution < -0.4 is 11.1 Å². The summed E-state index contributed by atoms with van der Waals surface area (Å²) in [7, 11) is 0. The monoisotopic (exact) mass is 218 g/mol. The van der Waals surface area contributed by atoms with E-state index in [1.807, 2.05) is 0 Å². The molecule has 0 aromatic carbocycles. The van der Waals surface area contributed by atoms with Gasteiger partial charge in [0.25, 0.3) is 5.91 Å². The van der Waals surface area contributed by atoms with Crippen LogP contribution in [0.4, 0.5) is 0 Å². The van der Waals surface area contributed by atoms with Crippen molar-refractivity contribution in [3.63, 3.8) is 0 Å². The zero-order chi connectivity index (χ0) is 8.69. The van der Waals surface area contributed by atoms with E-state index in [1.165, 1.54) is 0 Å². The maximum absolute atomic E-state index is 10.6. The summed E-state index contributed by atoms with van der Waals surface area (Å²) in [6, 6.07) is 0. The van der Waals surface area contributed by atoms with E-state index in [0.29, 0.717) is 0 Å². The van der Waals surface area contributed by atoms with Gasteiger partial charge >= 0.3 is 0 Å². The SMILES string of the molecule is NC(=O)CCNC(=O)C#CBr. The van der Waals surface area contributed by atoms with Crippen molar-refractivity contribution in [1.82, 2.24) is 5.32 Å². The molecule has 0 aliphatic heterocycles. The van der Waals surface area contributed by atoms with Gasteiger partial charge in [-0.2, -0.15) is 0 Å². The summed E-state index contributed by atoms with van der Waals surface area (Å²) in [5.74, 6) is 1.31. The van der Waals surface area contributed by atoms with Gasteiger partial charge < -0.3 is 11.1 Å². The Morgan fingerprint density at radius 1 is 1.55 bits per heavy atom. The summed E-state index contributed by atoms with van der Waals surface area (Å²) in [6.07, 6.45) is 0.135. The van der Waals surface area contributed by atoms with Crippen LogP contribution in [-0.4, -0.2) is 18.4 Å². The number of nitrogens with two attached hydrogens (primary N) is 1. The van der Waals surface area contributed by atoms with Gasteiger partial charge in [-0.15, -0.1) is 0 Å². The number of hydrogen-bond donors (Lipinski definition) is 2. The molecule has 0 unspecified atom stereocenters. The Labute approximate surface area is 72.6 Å². The van der Waals surface area contributed by atoms with Crippen LogP contribution in [0.3, 0.4) is 0 Å². The van der Waals surface area contributed by atoms with Crippen LogP contribution in [0.2, 0.25) is 0 Å². The zero-order valence-corrected chi connectivity index (χ0v) is 7.27. The van der Waals surface area contributed by atoms with E-state index in [0.717, 1.165) is 0 Å². The molecule has 0 aliphatic rings. The number of rotatable bonds is 3. The van der Waals surface area contributed by atoms with Gasteiger partial charge in [0, 0.05) is 34.8 Å². The lowest BCUT2D eigenvalue weighted by Gasteiger charge is -1.95. The molecule has 0 saturated heterocycles. The third-order valence-electron chi connectivity index (χ3n) is 0.818. The second kappa shape index (κ2) is 5.74. The highest BCUT2D eigenvalue weighted by Gasteiger charge is 1.96. The minimum absolute atomic E-state index is 0.135. The van der Waals surface area contributed by atoms with Gasteiger partial charge in [-0.1, -0.05) is 0 Å². The van der Waals surface area contributed by atoms with Crippen molar-refractivity contribution >= 4 is 27.7 Å². The second-order valence-electron chi connectivity index (χ2n) is 1.69. The Morgan fingerprint density at radius 2 is 2.18 bits per heavy atom. The third kappa shape index (κ3) is 6.87. The molecule has 0 rings (SSSR count). The Kier molecular flexibility index (Phi) is 5.21. The predicted octanol–water partition coefficient (Wildman–Crippen LogP) is -0.666. The molecule has 0 heterocycles. The van der Waals surface area contributed by atoms with Crippen LogP contribution in [-0.2, 0) is 9.59 Å². The minimum Gasteiger partial charge on any atom is -0.370 e. The number of hydrogen-bond acceptors (Lipinski definition) is 2. The van der Waals surface area contributed by atoms with Crippen LogP contribution in [0.15, 0.2) is 0 Å². The van der Waals surface area contributed by atoms with Crippen LogP contribution in [0.1, 0.15) is 6.42 Å². The summed E-state index contributed by atoms with van der Waals surface area (Å²) in [4.78, 5) is 23.0. The Bertz CT molecular complexity index is 216. The molecule has 0 radical (unpaired) electrons. The molecule has 0 fully saturated rings. The Hall–Kier alpha value is -1.02. The summed E-state index contributed by atoms with van der Waals surface area (Å²) in [5.41, 5.74) is 4.82. The Balaban J connectivity index is 3.44. The molecule has 60 valence electrons. The molecule has 0 aromatic rings. The number of carbonyl (C=O) groups excluding carboxylic acids is 2. The van der Waals surface area contributed by atoms with Gasteiger partial charge in [-0.3, -0.25) is 9.59 Å². The number of carbonyl (C=O) groups is 2. The first-order valence-electron chi connectivity index (χ1n) is 2.84. The molecule has 11 heavy (non-hydrogen) atoms. The Morgan fingerprint density at radius 3 is 2.64 bits per heavy atom. The lowest BCUT2D eigenvalue weighted by atomic mass is 10.4. The van der Waals surface area contributed by atoms with E-state index < -0.39 is 11.8 Å². The first-order valence-corrected chi connectivity index (χ1v) is 3.64. The van der Waals surface area contributed by atoms with Crippen LogP contribution in [0, 0.1) is 10.8 Å². The van der Waals surface area contributed by atoms with Crippen molar-refractivity contribution in [2.45, 2.75) is 6.42 Å². The van der Waals surface area contributed by atoms with E-state index in [2.05, 4.69) is 32.0 Å². The highest BCUT2D eigenvalue weighted by atomic mass is 79.9. The average Bonchev–Trinajstić information content (AvgIpc) is 1.87. The zero-order valence-electron chi connectivity index (χ0n) is 5.69. The van der Waals surface area contributed by atoms with Crippen molar-refractivity contribution in [2.75, 3.05) is 6.54 Å². The van der Waals surface area contributed by atoms with Crippen molar-refractivity contribution in [3.05, 3.63) is 0 Å². The standard InChI is InChI=1S/C6H7BrN2O2/c7-3-1-6(11)9-4-2-5(8)10/h2,4H2,(H2,8,10)(H,9,11). The molecule has 4 nitrogen and oxygen atoms in total. The molecule has 0 atom stereocenters. The fourth-order valence-corrected chi connectivity index (χ4v) is 0.566. The molecule has 2 amide bonds. The molecular weight excluding hydrogens is 212 g/mol. The van der Waals surface area contributed by atoms with Crippen molar-refractivity contribution in [2.24, 2.45) is 5.73 Å². The molecule has 0 bridgehead atoms. The third-order valence-corrected chi connectivity index (χ3v) is 1.02. The second-order valence-corrected chi connectivity index (χ2v) is 2.09. The number of halogens is 1. The number of amides is 2. The van der Waals surface area contributed by atoms with Crippen LogP contribution >= 0.6 is 15.9 Å². The topological polar surface area (TPSA) is 72.2 Å². The van der Waals surface area contributed by atoms with Crippen molar-refractivity contribution in [1.29, 1.82) is 0 Å². The van der Waals surface area contributed by atoms with Gasteiger partial charge in [0.2, 0.25) is 5.91 Å². The minimum atomic E-state index is -0.447. The lowest BCUT2D eigenvalue weighted by molar-refractivity contribution is -0.118. The molecule has 0 saturated carbocycles. The largest absolute Gasteiger partial charge is 0.370 e. The van der Waals surface area contributed by atoms with Crippen LogP contribution in [0.25, 0.3) is 0 Å². The molecule has 0 spiro atoms. The van der Waals surface area contributed by atoms with Crippen molar-refractivity contribution in [3.8, 4) is 10.8 Å².